The van der Waals surface area contributed by atoms with Gasteiger partial charge in [-0.15, -0.1) is 0 Å². The first-order valence-electron chi connectivity index (χ1n) is 5.22. The van der Waals surface area contributed by atoms with Gasteiger partial charge in [0.15, 0.2) is 0 Å². The number of nitrogens with zero attached hydrogens (tertiary/aromatic N) is 1. The van der Waals surface area contributed by atoms with Crippen LogP contribution in [-0.4, -0.2) is 31.8 Å². The van der Waals surface area contributed by atoms with E-state index >= 15 is 0 Å². The van der Waals surface area contributed by atoms with Crippen molar-refractivity contribution in [3.05, 3.63) is 32.6 Å². The molecule has 0 unspecified atom stereocenters. The molecule has 1 aliphatic heterocycles. The van der Waals surface area contributed by atoms with E-state index in [1.54, 1.807) is 6.92 Å². The summed E-state index contributed by atoms with van der Waals surface area (Å²) in [6.07, 6.45) is 0.877. The predicted octanol–water partition coefficient (Wildman–Crippen LogP) is -0.214. The average molecular weight is 352 g/mol. The highest BCUT2D eigenvalue weighted by Crippen LogP contribution is 2.37. The van der Waals surface area contributed by atoms with Crippen LogP contribution in [0.3, 0.4) is 0 Å². The van der Waals surface area contributed by atoms with Crippen LogP contribution in [0, 0.1) is 12.8 Å². The van der Waals surface area contributed by atoms with Gasteiger partial charge < -0.3 is 9.84 Å². The molecular formula is C10H13IN2O4. The van der Waals surface area contributed by atoms with E-state index in [2.05, 4.69) is 27.6 Å². The fraction of sp³-hybridized carbons (Fsp3) is 0.600. The molecule has 0 spiro atoms. The third-order valence-corrected chi connectivity index (χ3v) is 3.95. The number of aryl methyl sites for hydroxylation is 1. The molecule has 0 amide bonds. The van der Waals surface area contributed by atoms with Crippen molar-refractivity contribution >= 4 is 22.6 Å². The van der Waals surface area contributed by atoms with Crippen molar-refractivity contribution in [2.45, 2.75) is 19.3 Å². The van der Waals surface area contributed by atoms with Crippen LogP contribution >= 0.6 is 22.6 Å². The molecule has 3 atom stereocenters. The minimum absolute atomic E-state index is 0.0543. The number of aliphatic hydroxyl groups is 1. The van der Waals surface area contributed by atoms with Crippen molar-refractivity contribution in [3.8, 4) is 0 Å². The first kappa shape index (κ1) is 12.8. The molecule has 2 N–H and O–H groups in total. The van der Waals surface area contributed by atoms with E-state index < -0.39 is 11.9 Å². The molecule has 0 aliphatic carbocycles. The summed E-state index contributed by atoms with van der Waals surface area (Å²) in [5.74, 6) is 0.0867. The molecule has 0 aromatic carbocycles. The monoisotopic (exact) mass is 352 g/mol. The molecule has 1 saturated heterocycles. The minimum Gasteiger partial charge on any atom is -0.394 e. The number of H-pyrrole nitrogens is 1. The summed E-state index contributed by atoms with van der Waals surface area (Å²) >= 11 is 2.19. The van der Waals surface area contributed by atoms with Crippen LogP contribution in [0.2, 0.25) is 0 Å². The first-order valence-corrected chi connectivity index (χ1v) is 6.75. The molecular weight excluding hydrogens is 339 g/mol. The second kappa shape index (κ2) is 4.91. The largest absolute Gasteiger partial charge is 0.394 e. The maximum Gasteiger partial charge on any atom is 0.330 e. The molecule has 7 heteroatoms. The number of aromatic nitrogens is 2. The lowest BCUT2D eigenvalue weighted by Crippen LogP contribution is -2.52. The maximum atomic E-state index is 11.6. The van der Waals surface area contributed by atoms with Crippen molar-refractivity contribution in [3.63, 3.8) is 0 Å². The quantitative estimate of drug-likeness (QED) is 0.582. The van der Waals surface area contributed by atoms with Gasteiger partial charge in [-0.2, -0.15) is 0 Å². The van der Waals surface area contributed by atoms with E-state index in [9.17, 15) is 9.59 Å². The van der Waals surface area contributed by atoms with Gasteiger partial charge in [-0.1, -0.05) is 22.6 Å². The number of alkyl halides is 1. The van der Waals surface area contributed by atoms with Gasteiger partial charge in [0.2, 0.25) is 0 Å². The summed E-state index contributed by atoms with van der Waals surface area (Å²) in [5, 5.41) is 9.05. The SMILES string of the molecule is Cc1cn([C@@H]2O[C@H](CO)[C@H]2CI)c(=O)[nH]c1=O. The molecule has 1 fully saturated rings. The van der Waals surface area contributed by atoms with Crippen LogP contribution in [0.15, 0.2) is 15.8 Å². The highest BCUT2D eigenvalue weighted by atomic mass is 127. The predicted molar refractivity (Wildman–Crippen MR) is 69.4 cm³/mol. The summed E-state index contributed by atoms with van der Waals surface area (Å²) in [7, 11) is 0. The Morgan fingerprint density at radius 1 is 1.59 bits per heavy atom. The van der Waals surface area contributed by atoms with Crippen LogP contribution in [0.25, 0.3) is 0 Å². The lowest BCUT2D eigenvalue weighted by Gasteiger charge is -2.43. The first-order chi connectivity index (χ1) is 8.08. The van der Waals surface area contributed by atoms with E-state index in [1.807, 2.05) is 0 Å². The van der Waals surface area contributed by atoms with E-state index in [0.717, 1.165) is 4.43 Å². The van der Waals surface area contributed by atoms with Crippen molar-refractivity contribution in [2.75, 3.05) is 11.0 Å². The van der Waals surface area contributed by atoms with E-state index in [4.69, 9.17) is 9.84 Å². The normalized spacial score (nSPS) is 27.8. The van der Waals surface area contributed by atoms with E-state index in [-0.39, 0.29) is 24.2 Å². The Morgan fingerprint density at radius 3 is 2.88 bits per heavy atom. The number of aliphatic hydroxyl groups excluding tert-OH is 1. The van der Waals surface area contributed by atoms with Crippen LogP contribution in [0.5, 0.6) is 0 Å². The van der Waals surface area contributed by atoms with Crippen molar-refractivity contribution in [2.24, 2.45) is 5.92 Å². The van der Waals surface area contributed by atoms with E-state index in [0.29, 0.717) is 5.56 Å². The van der Waals surface area contributed by atoms with Gasteiger partial charge in [0.05, 0.1) is 12.7 Å². The summed E-state index contributed by atoms with van der Waals surface area (Å²) in [6, 6.07) is 0. The number of aromatic amines is 1. The molecule has 0 bridgehead atoms. The Kier molecular flexibility index (Phi) is 3.69. The second-order valence-corrected chi connectivity index (χ2v) is 4.93. The molecule has 0 radical (unpaired) electrons. The molecule has 6 nitrogen and oxygen atoms in total. The van der Waals surface area contributed by atoms with Gasteiger partial charge in [-0.25, -0.2) is 4.79 Å². The zero-order valence-corrected chi connectivity index (χ0v) is 11.4. The summed E-state index contributed by atoms with van der Waals surface area (Å²) < 4.78 is 7.60. The number of ether oxygens (including phenoxy) is 1. The second-order valence-electron chi connectivity index (χ2n) is 4.04. The summed E-state index contributed by atoms with van der Waals surface area (Å²) in [5.41, 5.74) is -0.389. The molecule has 2 rings (SSSR count). The number of rotatable bonds is 3. The van der Waals surface area contributed by atoms with Gasteiger partial charge in [0.1, 0.15) is 6.23 Å². The van der Waals surface area contributed by atoms with Crippen molar-refractivity contribution in [1.82, 2.24) is 9.55 Å². The fourth-order valence-electron chi connectivity index (χ4n) is 1.88. The lowest BCUT2D eigenvalue weighted by molar-refractivity contribution is -0.227. The average Bonchev–Trinajstić information content (AvgIpc) is 2.25. The van der Waals surface area contributed by atoms with Gasteiger partial charge in [-0.3, -0.25) is 14.3 Å². The maximum absolute atomic E-state index is 11.6. The zero-order valence-electron chi connectivity index (χ0n) is 9.22. The molecule has 1 aromatic heterocycles. The third-order valence-electron chi connectivity index (χ3n) is 2.94. The van der Waals surface area contributed by atoms with Crippen LogP contribution in [0.1, 0.15) is 11.8 Å². The Balaban J connectivity index is 2.33. The number of halogens is 1. The third kappa shape index (κ3) is 2.18. The molecule has 2 heterocycles. The Bertz CT molecular complexity index is 524. The van der Waals surface area contributed by atoms with E-state index in [1.165, 1.54) is 10.8 Å². The number of nitrogens with one attached hydrogen (secondary N) is 1. The van der Waals surface area contributed by atoms with Gasteiger partial charge in [0, 0.05) is 22.1 Å². The van der Waals surface area contributed by atoms with Crippen LogP contribution < -0.4 is 11.2 Å². The van der Waals surface area contributed by atoms with Crippen molar-refractivity contribution in [1.29, 1.82) is 0 Å². The van der Waals surface area contributed by atoms with Crippen LogP contribution in [0.4, 0.5) is 0 Å². The topological polar surface area (TPSA) is 84.3 Å². The smallest absolute Gasteiger partial charge is 0.330 e. The minimum atomic E-state index is -0.475. The van der Waals surface area contributed by atoms with Gasteiger partial charge >= 0.3 is 5.69 Å². The highest BCUT2D eigenvalue weighted by Gasteiger charge is 2.42. The van der Waals surface area contributed by atoms with Gasteiger partial charge in [0.25, 0.3) is 5.56 Å². The van der Waals surface area contributed by atoms with Crippen molar-refractivity contribution < 1.29 is 9.84 Å². The highest BCUT2D eigenvalue weighted by molar-refractivity contribution is 14.1. The Labute approximate surface area is 111 Å². The molecule has 17 heavy (non-hydrogen) atoms. The summed E-state index contributed by atoms with van der Waals surface area (Å²) in [4.78, 5) is 25.1. The molecule has 1 aliphatic rings. The summed E-state index contributed by atoms with van der Waals surface area (Å²) in [6.45, 7) is 1.58. The van der Waals surface area contributed by atoms with Gasteiger partial charge in [-0.05, 0) is 6.92 Å². The molecule has 1 aromatic rings. The zero-order chi connectivity index (χ0) is 12.6. The Hall–Kier alpha value is -0.670. The standard InChI is InChI=1S/C10H13IN2O4/c1-5-3-13(10(16)12-8(5)15)9-6(2-11)7(4-14)17-9/h3,6-7,9,14H,2,4H2,1H3,(H,12,15,16)/t6-,7-,9-/m1/s1. The lowest BCUT2D eigenvalue weighted by atomic mass is 9.97. The number of hydrogen-bond donors (Lipinski definition) is 2. The molecule has 0 saturated carbocycles. The fourth-order valence-corrected chi connectivity index (χ4v) is 2.88. The molecule has 94 valence electrons. The van der Waals surface area contributed by atoms with Crippen LogP contribution in [-0.2, 0) is 4.74 Å². The Morgan fingerprint density at radius 2 is 2.29 bits per heavy atom. The number of hydrogen-bond acceptors (Lipinski definition) is 4.